The number of aromatic nitrogens is 1. The van der Waals surface area contributed by atoms with E-state index in [-0.39, 0.29) is 11.9 Å². The Kier molecular flexibility index (Phi) is 2.81. The van der Waals surface area contributed by atoms with Crippen molar-refractivity contribution >= 4 is 16.8 Å². The predicted molar refractivity (Wildman–Crippen MR) is 71.4 cm³/mol. The molecule has 1 heterocycles. The van der Waals surface area contributed by atoms with E-state index in [2.05, 4.69) is 22.5 Å². The van der Waals surface area contributed by atoms with E-state index in [4.69, 9.17) is 0 Å². The Morgan fingerprint density at radius 3 is 3.11 bits per heavy atom. The molecule has 1 aromatic carbocycles. The SMILES string of the molecule is O=C(NC1C=CCC1)c1ccc2ncccc2c1. The Balaban J connectivity index is 1.84. The molecule has 1 amide bonds. The number of carbonyl (C=O) groups is 1. The van der Waals surface area contributed by atoms with Crippen LogP contribution < -0.4 is 5.32 Å². The lowest BCUT2D eigenvalue weighted by atomic mass is 10.1. The lowest BCUT2D eigenvalue weighted by molar-refractivity contribution is 0.0944. The Morgan fingerprint density at radius 1 is 1.33 bits per heavy atom. The van der Waals surface area contributed by atoms with E-state index >= 15 is 0 Å². The molecule has 0 bridgehead atoms. The first-order valence-electron chi connectivity index (χ1n) is 6.15. The quantitative estimate of drug-likeness (QED) is 0.817. The number of hydrogen-bond donors (Lipinski definition) is 1. The average molecular weight is 238 g/mol. The van der Waals surface area contributed by atoms with Crippen molar-refractivity contribution in [2.75, 3.05) is 0 Å². The summed E-state index contributed by atoms with van der Waals surface area (Å²) in [6.45, 7) is 0. The summed E-state index contributed by atoms with van der Waals surface area (Å²) in [4.78, 5) is 16.3. The largest absolute Gasteiger partial charge is 0.346 e. The fourth-order valence-corrected chi connectivity index (χ4v) is 2.22. The van der Waals surface area contributed by atoms with Gasteiger partial charge in [-0.3, -0.25) is 9.78 Å². The van der Waals surface area contributed by atoms with Gasteiger partial charge in [0, 0.05) is 23.2 Å². The fourth-order valence-electron chi connectivity index (χ4n) is 2.22. The smallest absolute Gasteiger partial charge is 0.251 e. The number of nitrogens with zero attached hydrogens (tertiary/aromatic N) is 1. The molecule has 0 radical (unpaired) electrons. The minimum atomic E-state index is -0.0164. The van der Waals surface area contributed by atoms with Gasteiger partial charge in [0.1, 0.15) is 0 Å². The summed E-state index contributed by atoms with van der Waals surface area (Å²) in [7, 11) is 0. The highest BCUT2D eigenvalue weighted by Crippen LogP contribution is 2.14. The molecule has 1 aromatic heterocycles. The van der Waals surface area contributed by atoms with Gasteiger partial charge in [-0.15, -0.1) is 0 Å². The van der Waals surface area contributed by atoms with E-state index in [1.54, 1.807) is 6.20 Å². The molecule has 1 aliphatic carbocycles. The van der Waals surface area contributed by atoms with Crippen LogP contribution in [0.3, 0.4) is 0 Å². The number of hydrogen-bond acceptors (Lipinski definition) is 2. The summed E-state index contributed by atoms with van der Waals surface area (Å²) < 4.78 is 0. The summed E-state index contributed by atoms with van der Waals surface area (Å²) >= 11 is 0. The highest BCUT2D eigenvalue weighted by Gasteiger charge is 2.13. The maximum atomic E-state index is 12.1. The molecule has 0 spiro atoms. The van der Waals surface area contributed by atoms with Crippen LogP contribution in [0.1, 0.15) is 23.2 Å². The fraction of sp³-hybridized carbons (Fsp3) is 0.200. The topological polar surface area (TPSA) is 42.0 Å². The van der Waals surface area contributed by atoms with Crippen LogP contribution in [0.5, 0.6) is 0 Å². The van der Waals surface area contributed by atoms with Crippen LogP contribution in [-0.2, 0) is 0 Å². The van der Waals surface area contributed by atoms with Crippen LogP contribution >= 0.6 is 0 Å². The second-order valence-corrected chi connectivity index (χ2v) is 4.50. The van der Waals surface area contributed by atoms with E-state index < -0.39 is 0 Å². The molecule has 90 valence electrons. The first-order chi connectivity index (χ1) is 8.83. The van der Waals surface area contributed by atoms with E-state index in [9.17, 15) is 4.79 Å². The summed E-state index contributed by atoms with van der Waals surface area (Å²) in [6.07, 6.45) is 7.97. The molecule has 0 saturated heterocycles. The number of nitrogens with one attached hydrogen (secondary N) is 1. The Morgan fingerprint density at radius 2 is 2.28 bits per heavy atom. The zero-order valence-electron chi connectivity index (χ0n) is 9.97. The molecule has 1 aliphatic rings. The van der Waals surface area contributed by atoms with Crippen molar-refractivity contribution in [1.82, 2.24) is 10.3 Å². The van der Waals surface area contributed by atoms with Crippen LogP contribution in [-0.4, -0.2) is 16.9 Å². The van der Waals surface area contributed by atoms with Crippen LogP contribution in [0.4, 0.5) is 0 Å². The number of allylic oxidation sites excluding steroid dienone is 1. The molecule has 1 unspecified atom stereocenters. The van der Waals surface area contributed by atoms with Gasteiger partial charge in [-0.2, -0.15) is 0 Å². The molecule has 3 heteroatoms. The summed E-state index contributed by atoms with van der Waals surface area (Å²) in [5.74, 6) is -0.0164. The van der Waals surface area contributed by atoms with Gasteiger partial charge in [-0.1, -0.05) is 18.2 Å². The minimum Gasteiger partial charge on any atom is -0.346 e. The highest BCUT2D eigenvalue weighted by molar-refractivity contribution is 5.98. The normalized spacial score (nSPS) is 18.1. The lowest BCUT2D eigenvalue weighted by Gasteiger charge is -2.10. The second-order valence-electron chi connectivity index (χ2n) is 4.50. The Bertz CT molecular complexity index is 619. The van der Waals surface area contributed by atoms with Crippen molar-refractivity contribution in [3.8, 4) is 0 Å². The maximum Gasteiger partial charge on any atom is 0.251 e. The summed E-state index contributed by atoms with van der Waals surface area (Å²) in [5, 5.41) is 4.01. The first-order valence-corrected chi connectivity index (χ1v) is 6.15. The summed E-state index contributed by atoms with van der Waals surface area (Å²) in [6, 6.07) is 9.62. The van der Waals surface area contributed by atoms with E-state index in [1.807, 2.05) is 30.3 Å². The molecular weight excluding hydrogens is 224 g/mol. The number of pyridine rings is 1. The monoisotopic (exact) mass is 238 g/mol. The molecule has 18 heavy (non-hydrogen) atoms. The van der Waals surface area contributed by atoms with Crippen LogP contribution in [0, 0.1) is 0 Å². The minimum absolute atomic E-state index is 0.0164. The van der Waals surface area contributed by atoms with Gasteiger partial charge in [0.15, 0.2) is 0 Å². The van der Waals surface area contributed by atoms with Crippen molar-refractivity contribution in [2.45, 2.75) is 18.9 Å². The van der Waals surface area contributed by atoms with Crippen molar-refractivity contribution in [1.29, 1.82) is 0 Å². The van der Waals surface area contributed by atoms with Gasteiger partial charge < -0.3 is 5.32 Å². The third-order valence-electron chi connectivity index (χ3n) is 3.19. The van der Waals surface area contributed by atoms with Crippen molar-refractivity contribution in [3.05, 3.63) is 54.2 Å². The third kappa shape index (κ3) is 2.12. The van der Waals surface area contributed by atoms with E-state index in [0.29, 0.717) is 5.56 Å². The highest BCUT2D eigenvalue weighted by atomic mass is 16.1. The van der Waals surface area contributed by atoms with E-state index in [0.717, 1.165) is 23.7 Å². The third-order valence-corrected chi connectivity index (χ3v) is 3.19. The number of carbonyl (C=O) groups excluding carboxylic acids is 1. The Labute approximate surface area is 106 Å². The predicted octanol–water partition coefficient (Wildman–Crippen LogP) is 2.68. The maximum absolute atomic E-state index is 12.1. The van der Waals surface area contributed by atoms with Gasteiger partial charge in [0.25, 0.3) is 5.91 Å². The number of rotatable bonds is 2. The number of amides is 1. The molecule has 1 atom stereocenters. The van der Waals surface area contributed by atoms with Gasteiger partial charge >= 0.3 is 0 Å². The zero-order chi connectivity index (χ0) is 12.4. The summed E-state index contributed by atoms with van der Waals surface area (Å²) in [5.41, 5.74) is 1.60. The molecule has 0 aliphatic heterocycles. The molecule has 3 rings (SSSR count). The molecule has 0 saturated carbocycles. The second kappa shape index (κ2) is 4.61. The van der Waals surface area contributed by atoms with Crippen molar-refractivity contribution < 1.29 is 4.79 Å². The van der Waals surface area contributed by atoms with Crippen molar-refractivity contribution in [2.24, 2.45) is 0 Å². The van der Waals surface area contributed by atoms with Gasteiger partial charge in [-0.25, -0.2) is 0 Å². The van der Waals surface area contributed by atoms with Crippen LogP contribution in [0.25, 0.3) is 10.9 Å². The number of fused-ring (bicyclic) bond motifs is 1. The first kappa shape index (κ1) is 11.0. The van der Waals surface area contributed by atoms with Crippen LogP contribution in [0.2, 0.25) is 0 Å². The van der Waals surface area contributed by atoms with E-state index in [1.165, 1.54) is 0 Å². The number of benzene rings is 1. The van der Waals surface area contributed by atoms with Gasteiger partial charge in [0.2, 0.25) is 0 Å². The molecular formula is C15H14N2O. The van der Waals surface area contributed by atoms with Crippen LogP contribution in [0.15, 0.2) is 48.7 Å². The van der Waals surface area contributed by atoms with Crippen molar-refractivity contribution in [3.63, 3.8) is 0 Å². The van der Waals surface area contributed by atoms with Gasteiger partial charge in [-0.05, 0) is 37.1 Å². The molecule has 2 aromatic rings. The zero-order valence-corrected chi connectivity index (χ0v) is 9.97. The molecule has 0 fully saturated rings. The average Bonchev–Trinajstić information content (AvgIpc) is 2.91. The standard InChI is InChI=1S/C15H14N2O/c18-15(17-13-5-1-2-6-13)12-7-8-14-11(10-12)4-3-9-16-14/h1,3-5,7-10,13H,2,6H2,(H,17,18). The Hall–Kier alpha value is -2.16. The molecule has 3 nitrogen and oxygen atoms in total. The lowest BCUT2D eigenvalue weighted by Crippen LogP contribution is -2.31. The van der Waals surface area contributed by atoms with Gasteiger partial charge in [0.05, 0.1) is 5.52 Å². The molecule has 1 N–H and O–H groups in total.